The maximum absolute atomic E-state index is 5.50. The van der Waals surface area contributed by atoms with Gasteiger partial charge < -0.3 is 11.1 Å². The number of nitrogen functional groups attached to an aromatic ring is 1. The number of aryl methyl sites for hydroxylation is 1. The molecule has 0 unspecified atom stereocenters. The average Bonchev–Trinajstić information content (AvgIpc) is 2.69. The van der Waals surface area contributed by atoms with Gasteiger partial charge in [0, 0.05) is 31.9 Å². The Morgan fingerprint density at radius 1 is 1.35 bits per heavy atom. The molecule has 2 aromatic heterocycles. The zero-order chi connectivity index (χ0) is 12.3. The van der Waals surface area contributed by atoms with Crippen molar-refractivity contribution in [2.24, 2.45) is 7.05 Å². The summed E-state index contributed by atoms with van der Waals surface area (Å²) < 4.78 is 1.73. The molecule has 86 valence electrons. The maximum Gasteiger partial charge on any atom is 0.149 e. The van der Waals surface area contributed by atoms with E-state index in [2.05, 4.69) is 27.2 Å². The van der Waals surface area contributed by atoms with E-state index in [1.165, 1.54) is 0 Å². The molecule has 17 heavy (non-hydrogen) atoms. The van der Waals surface area contributed by atoms with Gasteiger partial charge in [-0.25, -0.2) is 4.98 Å². The van der Waals surface area contributed by atoms with Gasteiger partial charge in [-0.05, 0) is 18.1 Å². The first kappa shape index (κ1) is 11.0. The summed E-state index contributed by atoms with van der Waals surface area (Å²) in [5.74, 6) is 7.34. The fourth-order valence-corrected chi connectivity index (χ4v) is 1.32. The van der Waals surface area contributed by atoms with Crippen molar-refractivity contribution in [2.75, 3.05) is 18.1 Å². The summed E-state index contributed by atoms with van der Waals surface area (Å²) >= 11 is 0. The molecule has 0 atom stereocenters. The van der Waals surface area contributed by atoms with Crippen LogP contribution in [0.1, 0.15) is 11.3 Å². The molecule has 0 aliphatic heterocycles. The number of nitrogens with zero attached hydrogens (tertiary/aromatic N) is 3. The van der Waals surface area contributed by atoms with Crippen LogP contribution in [0.4, 0.5) is 11.6 Å². The van der Waals surface area contributed by atoms with Gasteiger partial charge in [0.25, 0.3) is 0 Å². The molecule has 0 aliphatic carbocycles. The van der Waals surface area contributed by atoms with E-state index in [-0.39, 0.29) is 0 Å². The predicted molar refractivity (Wildman–Crippen MR) is 67.4 cm³/mol. The Bertz CT molecular complexity index is 571. The molecule has 5 nitrogen and oxygen atoms in total. The van der Waals surface area contributed by atoms with Crippen LogP contribution in [0.5, 0.6) is 0 Å². The van der Waals surface area contributed by atoms with Gasteiger partial charge in [0.15, 0.2) is 0 Å². The Morgan fingerprint density at radius 2 is 2.18 bits per heavy atom. The molecule has 2 rings (SSSR count). The second-order valence-electron chi connectivity index (χ2n) is 3.51. The smallest absolute Gasteiger partial charge is 0.149 e. The van der Waals surface area contributed by atoms with E-state index >= 15 is 0 Å². The van der Waals surface area contributed by atoms with Gasteiger partial charge in [0.05, 0.1) is 0 Å². The van der Waals surface area contributed by atoms with Crippen molar-refractivity contribution in [3.63, 3.8) is 0 Å². The molecule has 0 fully saturated rings. The van der Waals surface area contributed by atoms with E-state index in [9.17, 15) is 0 Å². The molecule has 0 saturated heterocycles. The predicted octanol–water partition coefficient (Wildman–Crippen LogP) is 0.839. The lowest BCUT2D eigenvalue weighted by Crippen LogP contribution is -1.95. The topological polar surface area (TPSA) is 68.8 Å². The van der Waals surface area contributed by atoms with E-state index in [4.69, 9.17) is 5.73 Å². The highest BCUT2D eigenvalue weighted by molar-refractivity contribution is 5.46. The summed E-state index contributed by atoms with van der Waals surface area (Å²) in [6, 6.07) is 5.45. The molecule has 0 aliphatic rings. The number of aromatic nitrogens is 3. The summed E-state index contributed by atoms with van der Waals surface area (Å²) in [6.45, 7) is 0. The van der Waals surface area contributed by atoms with Gasteiger partial charge in [-0.15, -0.1) is 0 Å². The third kappa shape index (κ3) is 2.55. The van der Waals surface area contributed by atoms with Crippen molar-refractivity contribution in [3.05, 3.63) is 35.7 Å². The van der Waals surface area contributed by atoms with Crippen LogP contribution in [0.2, 0.25) is 0 Å². The first-order chi connectivity index (χ1) is 8.19. The van der Waals surface area contributed by atoms with Crippen LogP contribution >= 0.6 is 0 Å². The summed E-state index contributed by atoms with van der Waals surface area (Å²) in [5, 5.41) is 7.19. The molecule has 0 amide bonds. The van der Waals surface area contributed by atoms with Gasteiger partial charge >= 0.3 is 0 Å². The van der Waals surface area contributed by atoms with Crippen molar-refractivity contribution >= 4 is 11.6 Å². The molecule has 0 spiro atoms. The number of pyridine rings is 1. The van der Waals surface area contributed by atoms with Crippen LogP contribution in [0.15, 0.2) is 24.4 Å². The van der Waals surface area contributed by atoms with Crippen molar-refractivity contribution in [2.45, 2.75) is 0 Å². The van der Waals surface area contributed by atoms with Crippen molar-refractivity contribution in [1.29, 1.82) is 0 Å². The van der Waals surface area contributed by atoms with Gasteiger partial charge in [-0.1, -0.05) is 5.92 Å². The Hall–Kier alpha value is -2.48. The van der Waals surface area contributed by atoms with Gasteiger partial charge in [0.2, 0.25) is 0 Å². The Balaban J connectivity index is 2.26. The largest absolute Gasteiger partial charge is 0.384 e. The van der Waals surface area contributed by atoms with Crippen molar-refractivity contribution < 1.29 is 0 Å². The lowest BCUT2D eigenvalue weighted by Gasteiger charge is -1.92. The Kier molecular flexibility index (Phi) is 2.97. The molecular formula is C12H13N5. The second-order valence-corrected chi connectivity index (χ2v) is 3.51. The fourth-order valence-electron chi connectivity index (χ4n) is 1.32. The van der Waals surface area contributed by atoms with Gasteiger partial charge in [-0.3, -0.25) is 4.68 Å². The quantitative estimate of drug-likeness (QED) is 0.708. The molecule has 0 saturated carbocycles. The van der Waals surface area contributed by atoms with E-state index in [1.807, 2.05) is 26.2 Å². The van der Waals surface area contributed by atoms with E-state index in [0.29, 0.717) is 5.82 Å². The third-order valence-electron chi connectivity index (χ3n) is 2.26. The summed E-state index contributed by atoms with van der Waals surface area (Å²) in [7, 11) is 3.68. The normalized spacial score (nSPS) is 9.53. The number of rotatable bonds is 1. The molecule has 0 radical (unpaired) electrons. The van der Waals surface area contributed by atoms with Crippen molar-refractivity contribution in [1.82, 2.24) is 14.8 Å². The van der Waals surface area contributed by atoms with E-state index < -0.39 is 0 Å². The van der Waals surface area contributed by atoms with Gasteiger partial charge in [-0.2, -0.15) is 5.10 Å². The third-order valence-corrected chi connectivity index (χ3v) is 2.26. The molecule has 0 aromatic carbocycles. The maximum atomic E-state index is 5.50. The Labute approximate surface area is 99.7 Å². The highest BCUT2D eigenvalue weighted by Gasteiger charge is 1.99. The molecule has 2 aromatic rings. The first-order valence-corrected chi connectivity index (χ1v) is 5.14. The van der Waals surface area contributed by atoms with Gasteiger partial charge in [0.1, 0.15) is 17.3 Å². The molecule has 3 N–H and O–H groups in total. The zero-order valence-corrected chi connectivity index (χ0v) is 9.73. The highest BCUT2D eigenvalue weighted by Crippen LogP contribution is 2.06. The summed E-state index contributed by atoms with van der Waals surface area (Å²) in [4.78, 5) is 3.98. The number of nitrogens with two attached hydrogens (primary N) is 1. The van der Waals surface area contributed by atoms with Crippen LogP contribution in [0, 0.1) is 11.8 Å². The molecule has 5 heteroatoms. The minimum atomic E-state index is 0.494. The van der Waals surface area contributed by atoms with Crippen LogP contribution in [0.3, 0.4) is 0 Å². The second kappa shape index (κ2) is 4.58. The first-order valence-electron chi connectivity index (χ1n) is 5.14. The number of hydrogen-bond donors (Lipinski definition) is 2. The van der Waals surface area contributed by atoms with E-state index in [1.54, 1.807) is 16.9 Å². The average molecular weight is 227 g/mol. The SMILES string of the molecule is CNc1cc(C#Cc2ccc(N)nc2)n(C)n1. The fraction of sp³-hybridized carbons (Fsp3) is 0.167. The number of anilines is 2. The van der Waals surface area contributed by atoms with Crippen LogP contribution in [0.25, 0.3) is 0 Å². The minimum absolute atomic E-state index is 0.494. The molecular weight excluding hydrogens is 214 g/mol. The number of hydrogen-bond acceptors (Lipinski definition) is 4. The lowest BCUT2D eigenvalue weighted by molar-refractivity contribution is 0.760. The van der Waals surface area contributed by atoms with Crippen LogP contribution < -0.4 is 11.1 Å². The minimum Gasteiger partial charge on any atom is -0.384 e. The Morgan fingerprint density at radius 3 is 2.76 bits per heavy atom. The monoisotopic (exact) mass is 227 g/mol. The number of nitrogens with one attached hydrogen (secondary N) is 1. The van der Waals surface area contributed by atoms with Crippen molar-refractivity contribution in [3.8, 4) is 11.8 Å². The highest BCUT2D eigenvalue weighted by atomic mass is 15.3. The molecule has 0 bridgehead atoms. The standard InChI is InChI=1S/C12H13N5/c1-14-12-7-10(17(2)16-12)5-3-9-4-6-11(13)15-8-9/h4,6-8H,1-2H3,(H2,13,15)(H,14,16). The summed E-state index contributed by atoms with van der Waals surface area (Å²) in [5.41, 5.74) is 7.16. The molecule has 2 heterocycles. The van der Waals surface area contributed by atoms with E-state index in [0.717, 1.165) is 17.1 Å². The zero-order valence-electron chi connectivity index (χ0n) is 9.73. The van der Waals surface area contributed by atoms with Crippen LogP contribution in [-0.4, -0.2) is 21.8 Å². The van der Waals surface area contributed by atoms with Crippen LogP contribution in [-0.2, 0) is 7.05 Å². The lowest BCUT2D eigenvalue weighted by atomic mass is 10.2. The summed E-state index contributed by atoms with van der Waals surface area (Å²) in [6.07, 6.45) is 1.65.